The summed E-state index contributed by atoms with van der Waals surface area (Å²) in [6.07, 6.45) is -107. The Morgan fingerprint density at radius 3 is 0.580 bits per heavy atom. The number of hydrogen-bond acceptors (Lipinski definition) is 51. The maximum Gasteiger partial charge on any atom is 0.335 e. The third-order valence-corrected chi connectivity index (χ3v) is 22.7. The highest BCUT2D eigenvalue weighted by Gasteiger charge is 2.64. The molecule has 10 rings (SSSR count). The molecule has 1 unspecified atom stereocenters. The molecule has 10 fully saturated rings. The molecular weight excluding hydrogens is 1810 g/mol. The van der Waals surface area contributed by atoms with Crippen molar-refractivity contribution in [2.24, 2.45) is 0 Å². The number of carbonyl (C=O) groups is 10. The Hall–Kier alpha value is -6.94. The third kappa shape index (κ3) is 23.2. The molecule has 32 N–H and O–H groups in total. The standard InChI is InChI=1S/C70H107N5O56/c1-11(81)71-21-31(91)26(86)16(6-76)113-62(21)123-47-33(93)38(98)67(128-52(47)57(104)105)120-43-23(73-13(3)83)64(115-18(8-78)28(43)88)125-49-35(95)40(100)69(130-54(49)59(108)109)122-45-25(75-15(5)85)66(117-20(10-80)30(45)90)127-50-36(96)41(101)70(131-55(50)60(110)111)121-44-24(74-14(4)84)65(116-19(9-79)29(44)89)126-48-34(94)39(99)68(129-53(48)58(106)107)119-42-22(72-12(2)82)63(114-17(7-77)27(42)87)124-46-32(92)37(97)61(112)118-51(46)56(102)103/h16-55,61-70,76-80,86-101,112H,6-10H2,1-5H3,(H,71,81)(H,72,82)(H,73,83)(H,74,84)(H,75,85)(H,102,103)(H,104,105)(H,106,107)(H,108,109)(H,110,111)/t16-,17-,18-,19-,20-,21-,22-,23-,24-,25-,26-,27-,28-,29-,30-,31-,32-,33-,34-,35-,36-,37-,38-,39-,40-,41-,42-,43-,44-,45-,46+,47+,48+,49+,50+,51+,52+,53+,54+,55+,61?,62+,63+,64+,65+,66+,67-,68-,69-,70-/m1/s1. The van der Waals surface area contributed by atoms with Crippen LogP contribution in [-0.4, -0.2) is 537 Å². The molecule has 61 heteroatoms. The number of carboxylic acid groups (broad SMARTS) is 5. The first-order valence-electron chi connectivity index (χ1n) is 40.1. The van der Waals surface area contributed by atoms with Gasteiger partial charge in [0.2, 0.25) is 29.5 Å². The molecular formula is C70H107N5O56. The second kappa shape index (κ2) is 44.9. The van der Waals surface area contributed by atoms with Gasteiger partial charge in [-0.25, -0.2) is 24.0 Å². The number of aliphatic carboxylic acids is 5. The van der Waals surface area contributed by atoms with E-state index in [2.05, 4.69) is 26.6 Å². The molecule has 10 heterocycles. The summed E-state index contributed by atoms with van der Waals surface area (Å²) in [6, 6.07) is -10.3. The number of carboxylic acids is 5. The van der Waals surface area contributed by atoms with Crippen LogP contribution in [-0.2, 0) is 138 Å². The molecule has 0 aromatic rings. The summed E-state index contributed by atoms with van der Waals surface area (Å²) in [5.41, 5.74) is 0. The monoisotopic (exact) mass is 1910 g/mol. The molecule has 0 aromatic heterocycles. The molecule has 0 bridgehead atoms. The van der Waals surface area contributed by atoms with Crippen molar-refractivity contribution in [1.82, 2.24) is 26.6 Å². The highest BCUT2D eigenvalue weighted by atomic mass is 16.8. The number of nitrogens with one attached hydrogen (secondary N) is 5. The summed E-state index contributed by atoms with van der Waals surface area (Å²) in [5.74, 6) is -15.6. The van der Waals surface area contributed by atoms with Gasteiger partial charge in [-0.05, 0) is 0 Å². The van der Waals surface area contributed by atoms with Gasteiger partial charge in [-0.1, -0.05) is 0 Å². The first-order chi connectivity index (χ1) is 61.5. The maximum absolute atomic E-state index is 13.4. The second-order valence-electron chi connectivity index (χ2n) is 31.9. The van der Waals surface area contributed by atoms with Crippen molar-refractivity contribution in [2.45, 2.75) is 341 Å². The first-order valence-corrected chi connectivity index (χ1v) is 40.1. The maximum atomic E-state index is 13.4. The van der Waals surface area contributed by atoms with Crippen LogP contribution in [0.2, 0.25) is 0 Å². The second-order valence-corrected chi connectivity index (χ2v) is 31.9. The van der Waals surface area contributed by atoms with Gasteiger partial charge >= 0.3 is 29.8 Å². The highest BCUT2D eigenvalue weighted by molar-refractivity contribution is 5.77. The predicted molar refractivity (Wildman–Crippen MR) is 390 cm³/mol. The Bertz CT molecular complexity index is 3890. The van der Waals surface area contributed by atoms with Crippen molar-refractivity contribution in [3.8, 4) is 0 Å². The van der Waals surface area contributed by atoms with Crippen LogP contribution in [0.3, 0.4) is 0 Å². The predicted octanol–water partition coefficient (Wildman–Crippen LogP) is -21.6. The van der Waals surface area contributed by atoms with Gasteiger partial charge in [0.15, 0.2) is 93.4 Å². The number of amides is 5. The van der Waals surface area contributed by atoms with E-state index in [1.807, 2.05) is 0 Å². The molecule has 10 aliphatic heterocycles. The van der Waals surface area contributed by atoms with Gasteiger partial charge < -0.3 is 254 Å². The van der Waals surface area contributed by atoms with E-state index in [1.165, 1.54) is 0 Å². The number of carbonyl (C=O) groups excluding carboxylic acids is 5. The van der Waals surface area contributed by atoms with Gasteiger partial charge in [0.25, 0.3) is 0 Å². The smallest absolute Gasteiger partial charge is 0.335 e. The molecule has 61 nitrogen and oxygen atoms in total. The largest absolute Gasteiger partial charge is 0.479 e. The van der Waals surface area contributed by atoms with Gasteiger partial charge in [0.05, 0.1) is 33.0 Å². The normalized spacial score (nSPS) is 46.9. The minimum Gasteiger partial charge on any atom is -0.479 e. The van der Waals surface area contributed by atoms with E-state index in [0.717, 1.165) is 34.6 Å². The van der Waals surface area contributed by atoms with Crippen molar-refractivity contribution in [3.05, 3.63) is 0 Å². The minimum absolute atomic E-state index is 0.795. The Balaban J connectivity index is 0.849. The van der Waals surface area contributed by atoms with Crippen molar-refractivity contribution >= 4 is 59.4 Å². The molecule has 0 aromatic carbocycles. The zero-order valence-electron chi connectivity index (χ0n) is 68.8. The van der Waals surface area contributed by atoms with Crippen LogP contribution in [0.5, 0.6) is 0 Å². The minimum atomic E-state index is -2.74. The first kappa shape index (κ1) is 106. The number of hydrogen-bond donors (Lipinski definition) is 32. The van der Waals surface area contributed by atoms with Crippen LogP contribution in [0, 0.1) is 0 Å². The summed E-state index contributed by atoms with van der Waals surface area (Å²) in [6.45, 7) is -1.83. The van der Waals surface area contributed by atoms with Gasteiger partial charge in [-0.3, -0.25) is 24.0 Å². The fourth-order valence-corrected chi connectivity index (χ4v) is 16.3. The number of aliphatic hydroxyl groups excluding tert-OH is 22. The fraction of sp³-hybridized carbons (Fsp3) is 0.857. The number of rotatable bonds is 33. The van der Waals surface area contributed by atoms with Crippen LogP contribution in [0.4, 0.5) is 0 Å². The molecule has 748 valence electrons. The van der Waals surface area contributed by atoms with Crippen LogP contribution >= 0.6 is 0 Å². The van der Waals surface area contributed by atoms with Crippen LogP contribution in [0.1, 0.15) is 34.6 Å². The molecule has 131 heavy (non-hydrogen) atoms. The Kier molecular flexibility index (Phi) is 36.4. The van der Waals surface area contributed by atoms with E-state index in [4.69, 9.17) is 90.0 Å². The molecule has 0 spiro atoms. The Labute approximate surface area is 734 Å². The van der Waals surface area contributed by atoms with E-state index >= 15 is 0 Å². The van der Waals surface area contributed by atoms with E-state index < -0.39 is 399 Å². The molecule has 0 aliphatic carbocycles. The molecule has 0 radical (unpaired) electrons. The fourth-order valence-electron chi connectivity index (χ4n) is 16.3. The van der Waals surface area contributed by atoms with Crippen LogP contribution in [0.15, 0.2) is 0 Å². The molecule has 0 saturated carbocycles. The van der Waals surface area contributed by atoms with E-state index in [-0.39, 0.29) is 0 Å². The van der Waals surface area contributed by atoms with Crippen molar-refractivity contribution in [3.63, 3.8) is 0 Å². The van der Waals surface area contributed by atoms with Crippen LogP contribution in [0.25, 0.3) is 0 Å². The molecule has 5 amide bonds. The van der Waals surface area contributed by atoms with Gasteiger partial charge in [-0.2, -0.15) is 0 Å². The molecule has 50 atom stereocenters. The summed E-state index contributed by atoms with van der Waals surface area (Å²) >= 11 is 0. The van der Waals surface area contributed by atoms with E-state index in [9.17, 15) is 186 Å². The van der Waals surface area contributed by atoms with Gasteiger partial charge in [0.1, 0.15) is 213 Å². The average Bonchev–Trinajstić information content (AvgIpc) is 0.752. The van der Waals surface area contributed by atoms with Crippen molar-refractivity contribution < 1.29 is 276 Å². The lowest BCUT2D eigenvalue weighted by Crippen LogP contribution is -2.72. The van der Waals surface area contributed by atoms with Crippen molar-refractivity contribution in [2.75, 3.05) is 33.0 Å². The third-order valence-electron chi connectivity index (χ3n) is 22.7. The summed E-state index contributed by atoms with van der Waals surface area (Å²) in [5, 5.41) is 309. The Morgan fingerprint density at radius 1 is 0.206 bits per heavy atom. The van der Waals surface area contributed by atoms with E-state index in [1.54, 1.807) is 0 Å². The zero-order valence-corrected chi connectivity index (χ0v) is 68.8. The molecule has 10 saturated heterocycles. The summed E-state index contributed by atoms with van der Waals surface area (Å²) < 4.78 is 108. The average molecular weight is 1910 g/mol. The van der Waals surface area contributed by atoms with E-state index in [0.29, 0.717) is 0 Å². The summed E-state index contributed by atoms with van der Waals surface area (Å²) in [4.78, 5) is 129. The van der Waals surface area contributed by atoms with Crippen LogP contribution < -0.4 is 26.6 Å². The Morgan fingerprint density at radius 2 is 0.382 bits per heavy atom. The lowest BCUT2D eigenvalue weighted by Gasteiger charge is -2.51. The highest BCUT2D eigenvalue weighted by Crippen LogP contribution is 2.42. The molecule has 10 aliphatic rings. The lowest BCUT2D eigenvalue weighted by molar-refractivity contribution is -0.382. The zero-order chi connectivity index (χ0) is 97.1. The summed E-state index contributed by atoms with van der Waals surface area (Å²) in [7, 11) is 0. The lowest BCUT2D eigenvalue weighted by atomic mass is 9.93. The van der Waals surface area contributed by atoms with Gasteiger partial charge in [0, 0.05) is 34.6 Å². The number of ether oxygens (including phenoxy) is 19. The number of aliphatic hydroxyl groups is 22. The quantitative estimate of drug-likeness (QED) is 0.0290. The van der Waals surface area contributed by atoms with Crippen molar-refractivity contribution in [1.29, 1.82) is 0 Å². The van der Waals surface area contributed by atoms with Gasteiger partial charge in [-0.15, -0.1) is 0 Å². The topological polar surface area (TPSA) is 952 Å². The SMILES string of the molecule is CC(=O)N[C@H]1[C@H](O[C@H]2[C@H](O)[C@@H](O)[C@H](O[C@H]3[C@H](O)[C@@H](CO)O[C@@H](O[C@H]4[C@H](O)[C@@H](O)[C@H](O[C@H]5[C@H](O)[C@@H](CO)O[C@@H](O[C@H]6[C@H](O)[C@@H](O)[C@H](O[C@H]7[C@H](O)[C@@H](CO)O[C@@H](O[C@H]8[C@H](O)[C@@H](O)[C@H](O[C@H]9[C@H](O)[C@@H](CO)O[C@@H](O[C@H]%10[C@H](O)[C@@H](O)C(O)O[C@@H]%10C(=O)O)[C@@H]9NC(C)=O)O[C@@H]8C(=O)O)[C@@H]7NC(C)=O)O[C@@H]6C(=O)O)[C@@H]5NC(C)=O)O[C@@H]4C(=O)O)[C@@H]3NC(C)=O)O[C@@H]2C(=O)O)O[C@H](CO)[C@@H](O)[C@@H]1O.